The van der Waals surface area contributed by atoms with Gasteiger partial charge in [0.15, 0.2) is 6.61 Å². The predicted molar refractivity (Wildman–Crippen MR) is 113 cm³/mol. The Balaban J connectivity index is 1.57. The molecule has 1 aromatic carbocycles. The number of amides is 1. The first kappa shape index (κ1) is 19.4. The van der Waals surface area contributed by atoms with Crippen LogP contribution in [0.4, 0.5) is 5.00 Å². The Morgan fingerprint density at radius 2 is 1.90 bits per heavy atom. The summed E-state index contributed by atoms with van der Waals surface area (Å²) in [4.78, 5) is 41.6. The fourth-order valence-electron chi connectivity index (χ4n) is 3.94. The molecule has 0 bridgehead atoms. The maximum atomic E-state index is 12.9. The van der Waals surface area contributed by atoms with Crippen molar-refractivity contribution in [3.05, 3.63) is 51.5 Å². The number of para-hydroxylation sites is 1. The summed E-state index contributed by atoms with van der Waals surface area (Å²) < 4.78 is 5.42. The molecular formula is C22H22N2O4S. The highest BCUT2D eigenvalue weighted by Crippen LogP contribution is 2.38. The normalized spacial score (nSPS) is 13.2. The molecule has 0 aliphatic heterocycles. The first-order valence-electron chi connectivity index (χ1n) is 9.65. The maximum Gasteiger partial charge on any atom is 0.341 e. The SMILES string of the molecule is CC(=O)Nc1sc2c(c1C(=O)OCC(=O)c1c(C)[nH]c3ccccc13)CCCC2. The molecule has 0 saturated carbocycles. The largest absolute Gasteiger partial charge is 0.454 e. The summed E-state index contributed by atoms with van der Waals surface area (Å²) in [7, 11) is 0. The third-order valence-electron chi connectivity index (χ3n) is 5.17. The first-order chi connectivity index (χ1) is 14.0. The number of thiophene rings is 1. The van der Waals surface area contributed by atoms with Crippen LogP contribution in [0.15, 0.2) is 24.3 Å². The van der Waals surface area contributed by atoms with Gasteiger partial charge in [0.2, 0.25) is 11.7 Å². The number of aromatic nitrogens is 1. The van der Waals surface area contributed by atoms with Crippen molar-refractivity contribution in [3.8, 4) is 0 Å². The fourth-order valence-corrected chi connectivity index (χ4v) is 5.26. The van der Waals surface area contributed by atoms with Gasteiger partial charge in [-0.2, -0.15) is 0 Å². The van der Waals surface area contributed by atoms with Gasteiger partial charge in [0, 0.05) is 34.0 Å². The number of nitrogens with one attached hydrogen (secondary N) is 2. The van der Waals surface area contributed by atoms with Gasteiger partial charge in [-0.3, -0.25) is 9.59 Å². The van der Waals surface area contributed by atoms with Crippen molar-refractivity contribution in [3.63, 3.8) is 0 Å². The lowest BCUT2D eigenvalue weighted by Crippen LogP contribution is -2.18. The number of rotatable bonds is 5. The van der Waals surface area contributed by atoms with Crippen LogP contribution in [0.25, 0.3) is 10.9 Å². The van der Waals surface area contributed by atoms with Crippen molar-refractivity contribution >= 4 is 44.9 Å². The molecule has 4 rings (SSSR count). The molecule has 150 valence electrons. The van der Waals surface area contributed by atoms with Crippen LogP contribution >= 0.6 is 11.3 Å². The van der Waals surface area contributed by atoms with Crippen LogP contribution in [0, 0.1) is 6.92 Å². The van der Waals surface area contributed by atoms with Crippen LogP contribution in [0.5, 0.6) is 0 Å². The summed E-state index contributed by atoms with van der Waals surface area (Å²) in [5, 5.41) is 4.08. The minimum absolute atomic E-state index is 0.233. The highest BCUT2D eigenvalue weighted by atomic mass is 32.1. The molecule has 2 heterocycles. The van der Waals surface area contributed by atoms with Gasteiger partial charge < -0.3 is 15.0 Å². The van der Waals surface area contributed by atoms with E-state index in [4.69, 9.17) is 4.74 Å². The minimum atomic E-state index is -0.556. The van der Waals surface area contributed by atoms with Crippen LogP contribution in [-0.4, -0.2) is 29.3 Å². The molecule has 29 heavy (non-hydrogen) atoms. The zero-order chi connectivity index (χ0) is 20.5. The van der Waals surface area contributed by atoms with E-state index < -0.39 is 5.97 Å². The molecule has 0 spiro atoms. The van der Waals surface area contributed by atoms with E-state index in [1.54, 1.807) is 0 Å². The molecule has 1 amide bonds. The molecule has 6 nitrogen and oxygen atoms in total. The van der Waals surface area contributed by atoms with Crippen LogP contribution < -0.4 is 5.32 Å². The average Bonchev–Trinajstić information content (AvgIpc) is 3.21. The molecule has 0 saturated heterocycles. The Morgan fingerprint density at radius 3 is 2.69 bits per heavy atom. The summed E-state index contributed by atoms with van der Waals surface area (Å²) in [5.74, 6) is -1.04. The standard InChI is InChI=1S/C22H22N2O4S/c1-12-19(14-7-3-5-9-16(14)23-12)17(26)11-28-22(27)20-15-8-4-6-10-18(15)29-21(20)24-13(2)25/h3,5,7,9,23H,4,6,8,10-11H2,1-2H3,(H,24,25). The van der Waals surface area contributed by atoms with Gasteiger partial charge in [-0.25, -0.2) is 4.79 Å². The van der Waals surface area contributed by atoms with Gasteiger partial charge in [-0.15, -0.1) is 11.3 Å². The Hall–Kier alpha value is -2.93. The van der Waals surface area contributed by atoms with E-state index >= 15 is 0 Å². The third kappa shape index (κ3) is 3.70. The second-order valence-corrected chi connectivity index (χ2v) is 8.37. The fraction of sp³-hybridized carbons (Fsp3) is 0.318. The Kier molecular flexibility index (Phi) is 5.24. The van der Waals surface area contributed by atoms with E-state index in [0.29, 0.717) is 16.1 Å². The lowest BCUT2D eigenvalue weighted by atomic mass is 9.95. The van der Waals surface area contributed by atoms with E-state index in [1.807, 2.05) is 31.2 Å². The van der Waals surface area contributed by atoms with E-state index in [-0.39, 0.29) is 18.3 Å². The average molecular weight is 410 g/mol. The Bertz CT molecular complexity index is 1130. The number of benzene rings is 1. The van der Waals surface area contributed by atoms with Crippen LogP contribution in [0.2, 0.25) is 0 Å². The molecule has 2 N–H and O–H groups in total. The van der Waals surface area contributed by atoms with Crippen molar-refractivity contribution in [2.75, 3.05) is 11.9 Å². The number of carbonyl (C=O) groups excluding carboxylic acids is 3. The van der Waals surface area contributed by atoms with Gasteiger partial charge in [-0.05, 0) is 44.2 Å². The maximum absolute atomic E-state index is 12.9. The van der Waals surface area contributed by atoms with E-state index in [9.17, 15) is 14.4 Å². The number of ketones is 1. The zero-order valence-corrected chi connectivity index (χ0v) is 17.2. The molecule has 3 aromatic rings. The van der Waals surface area contributed by atoms with Crippen LogP contribution in [-0.2, 0) is 22.4 Å². The number of Topliss-reactive ketones (excluding diaryl/α,β-unsaturated/α-hetero) is 1. The topological polar surface area (TPSA) is 88.3 Å². The van der Waals surface area contributed by atoms with Gasteiger partial charge >= 0.3 is 5.97 Å². The number of aryl methyl sites for hydroxylation is 2. The van der Waals surface area contributed by atoms with Crippen LogP contribution in [0.1, 0.15) is 56.6 Å². The Morgan fingerprint density at radius 1 is 1.14 bits per heavy atom. The van der Waals surface area contributed by atoms with Crippen molar-refractivity contribution in [1.29, 1.82) is 0 Å². The van der Waals surface area contributed by atoms with Crippen molar-refractivity contribution in [1.82, 2.24) is 4.98 Å². The van der Waals surface area contributed by atoms with E-state index in [0.717, 1.165) is 52.7 Å². The summed E-state index contributed by atoms with van der Waals surface area (Å²) in [6.07, 6.45) is 3.75. The molecular weight excluding hydrogens is 388 g/mol. The summed E-state index contributed by atoms with van der Waals surface area (Å²) in [5.41, 5.74) is 3.52. The van der Waals surface area contributed by atoms with Gasteiger partial charge in [0.05, 0.1) is 5.56 Å². The molecule has 7 heteroatoms. The number of ether oxygens (including phenoxy) is 1. The van der Waals surface area contributed by atoms with Crippen molar-refractivity contribution < 1.29 is 19.1 Å². The summed E-state index contributed by atoms with van der Waals surface area (Å²) >= 11 is 1.43. The predicted octanol–water partition coefficient (Wildman–Crippen LogP) is 4.41. The van der Waals surface area contributed by atoms with Crippen LogP contribution in [0.3, 0.4) is 0 Å². The Labute approximate surface area is 172 Å². The lowest BCUT2D eigenvalue weighted by Gasteiger charge is -2.12. The van der Waals surface area contributed by atoms with Crippen molar-refractivity contribution in [2.24, 2.45) is 0 Å². The molecule has 0 unspecified atom stereocenters. The third-order valence-corrected chi connectivity index (χ3v) is 6.38. The number of H-pyrrole nitrogens is 1. The second-order valence-electron chi connectivity index (χ2n) is 7.27. The van der Waals surface area contributed by atoms with E-state index in [1.165, 1.54) is 18.3 Å². The quantitative estimate of drug-likeness (QED) is 0.482. The molecule has 0 atom stereocenters. The molecule has 1 aliphatic rings. The van der Waals surface area contributed by atoms with Gasteiger partial charge in [0.1, 0.15) is 5.00 Å². The summed E-state index contributed by atoms with van der Waals surface area (Å²) in [6.45, 7) is 2.90. The number of hydrogen-bond acceptors (Lipinski definition) is 5. The van der Waals surface area contributed by atoms with Gasteiger partial charge in [-0.1, -0.05) is 18.2 Å². The number of aromatic amines is 1. The number of fused-ring (bicyclic) bond motifs is 2. The molecule has 0 fully saturated rings. The van der Waals surface area contributed by atoms with Crippen molar-refractivity contribution in [2.45, 2.75) is 39.5 Å². The zero-order valence-electron chi connectivity index (χ0n) is 16.4. The minimum Gasteiger partial charge on any atom is -0.454 e. The molecule has 2 aromatic heterocycles. The number of esters is 1. The van der Waals surface area contributed by atoms with E-state index in [2.05, 4.69) is 10.3 Å². The summed E-state index contributed by atoms with van der Waals surface area (Å²) in [6, 6.07) is 7.55. The molecule has 0 radical (unpaired) electrons. The highest BCUT2D eigenvalue weighted by Gasteiger charge is 2.28. The lowest BCUT2D eigenvalue weighted by molar-refractivity contribution is -0.114. The second kappa shape index (κ2) is 7.83. The number of hydrogen-bond donors (Lipinski definition) is 2. The first-order valence-corrected chi connectivity index (χ1v) is 10.5. The highest BCUT2D eigenvalue weighted by molar-refractivity contribution is 7.17. The van der Waals surface area contributed by atoms with Gasteiger partial charge in [0.25, 0.3) is 0 Å². The number of anilines is 1. The molecule has 1 aliphatic carbocycles. The number of carbonyl (C=O) groups is 3. The smallest absolute Gasteiger partial charge is 0.341 e. The monoisotopic (exact) mass is 410 g/mol.